The van der Waals surface area contributed by atoms with Gasteiger partial charge in [-0.05, 0) is 93.0 Å². The van der Waals surface area contributed by atoms with Gasteiger partial charge in [0, 0.05) is 42.2 Å². The van der Waals surface area contributed by atoms with Crippen LogP contribution in [-0.4, -0.2) is 10.4 Å². The summed E-state index contributed by atoms with van der Waals surface area (Å²) in [6, 6.07) is 78.8. The van der Waals surface area contributed by atoms with Gasteiger partial charge in [0.05, 0.1) is 11.0 Å². The number of nitrogens with one attached hydrogen (secondary N) is 2. The Bertz CT molecular complexity index is 3450. The Hall–Kier alpha value is -7.57. The van der Waals surface area contributed by atoms with Gasteiger partial charge in [-0.1, -0.05) is 170 Å². The van der Waals surface area contributed by atoms with Gasteiger partial charge in [0.2, 0.25) is 0 Å². The lowest BCUT2D eigenvalue weighted by Gasteiger charge is -2.32. The summed E-state index contributed by atoms with van der Waals surface area (Å²) in [5, 5.41) is 12.6. The van der Waals surface area contributed by atoms with E-state index < -0.39 is 0 Å². The van der Waals surface area contributed by atoms with Gasteiger partial charge in [-0.15, -0.1) is 11.3 Å². The number of rotatable bonds is 7. The van der Waals surface area contributed by atoms with Crippen LogP contribution in [0.25, 0.3) is 81.0 Å². The van der Waals surface area contributed by atoms with E-state index in [-0.39, 0.29) is 12.3 Å². The van der Waals surface area contributed by atoms with E-state index in [0.29, 0.717) is 0 Å². The Kier molecular flexibility index (Phi) is 8.87. The lowest BCUT2D eigenvalue weighted by atomic mass is 9.95. The molecule has 294 valence electrons. The average molecular weight is 813 g/mol. The number of fused-ring (bicyclic) bond motifs is 6. The molecule has 12 rings (SSSR count). The van der Waals surface area contributed by atoms with Crippen LogP contribution in [0.2, 0.25) is 0 Å². The summed E-state index contributed by atoms with van der Waals surface area (Å²) in [6.07, 6.45) is -0.408. The summed E-state index contributed by atoms with van der Waals surface area (Å²) in [7, 11) is 0. The molecule has 0 saturated heterocycles. The van der Waals surface area contributed by atoms with Crippen LogP contribution in [0.4, 0.5) is 0 Å². The van der Waals surface area contributed by atoms with E-state index in [0.717, 1.165) is 28.2 Å². The van der Waals surface area contributed by atoms with Gasteiger partial charge in [-0.3, -0.25) is 5.32 Å². The second-order valence-corrected chi connectivity index (χ2v) is 17.1. The summed E-state index contributed by atoms with van der Waals surface area (Å²) in [4.78, 5) is 5.45. The molecule has 0 spiro atoms. The Morgan fingerprint density at radius 2 is 1.05 bits per heavy atom. The second-order valence-electron chi connectivity index (χ2n) is 16.0. The molecule has 2 unspecified atom stereocenters. The van der Waals surface area contributed by atoms with Gasteiger partial charge in [-0.2, -0.15) is 0 Å². The van der Waals surface area contributed by atoms with Crippen LogP contribution in [0.5, 0.6) is 0 Å². The van der Waals surface area contributed by atoms with Gasteiger partial charge in [0.25, 0.3) is 0 Å². The number of benzene rings is 9. The van der Waals surface area contributed by atoms with Crippen molar-refractivity contribution >= 4 is 59.2 Å². The molecular weight excluding hydrogens is 773 g/mol. The first-order chi connectivity index (χ1) is 30.7. The summed E-state index contributed by atoms with van der Waals surface area (Å²) in [5.41, 5.74) is 14.0. The van der Waals surface area contributed by atoms with Crippen LogP contribution in [0.3, 0.4) is 0 Å². The van der Waals surface area contributed by atoms with E-state index in [1.54, 1.807) is 0 Å². The SMILES string of the molecule is c1ccc(-c2ccc(C3N=C(c4cc(-c5ccc6c(c5)c5ccc(-c7ccccc7)cc5n6-c5ccccc5)c5c(c4)sc4ccccc45)NC(c4ccccc4)N3)cc2)cc1. The molecule has 0 amide bonds. The topological polar surface area (TPSA) is 41.4 Å². The molecule has 4 nitrogen and oxygen atoms in total. The van der Waals surface area contributed by atoms with Gasteiger partial charge < -0.3 is 9.88 Å². The molecule has 0 fully saturated rings. The first kappa shape index (κ1) is 36.3. The minimum atomic E-state index is -0.260. The highest BCUT2D eigenvalue weighted by molar-refractivity contribution is 7.26. The molecule has 11 aromatic rings. The third-order valence-electron chi connectivity index (χ3n) is 12.3. The third kappa shape index (κ3) is 6.38. The van der Waals surface area contributed by atoms with Crippen molar-refractivity contribution in [2.75, 3.05) is 0 Å². The summed E-state index contributed by atoms with van der Waals surface area (Å²) < 4.78 is 4.92. The highest BCUT2D eigenvalue weighted by Crippen LogP contribution is 2.44. The minimum Gasteiger partial charge on any atom is -0.350 e. The fraction of sp³-hybridized carbons (Fsp3) is 0.0351. The number of nitrogens with zero attached hydrogens (tertiary/aromatic N) is 2. The van der Waals surface area contributed by atoms with Crippen LogP contribution in [0, 0.1) is 0 Å². The number of hydrogen-bond acceptors (Lipinski definition) is 4. The van der Waals surface area contributed by atoms with Crippen molar-refractivity contribution in [3.63, 3.8) is 0 Å². The van der Waals surface area contributed by atoms with Crippen LogP contribution < -0.4 is 10.6 Å². The predicted molar refractivity (Wildman–Crippen MR) is 261 cm³/mol. The van der Waals surface area contributed by atoms with Gasteiger partial charge in [-0.25, -0.2) is 4.99 Å². The number of para-hydroxylation sites is 1. The quantitative estimate of drug-likeness (QED) is 0.168. The fourth-order valence-electron chi connectivity index (χ4n) is 9.25. The first-order valence-corrected chi connectivity index (χ1v) is 22.0. The number of aliphatic imine (C=N–C) groups is 1. The van der Waals surface area contributed by atoms with Crippen LogP contribution in [-0.2, 0) is 0 Å². The van der Waals surface area contributed by atoms with Crippen molar-refractivity contribution in [3.8, 4) is 39.1 Å². The molecule has 2 aromatic heterocycles. The van der Waals surface area contributed by atoms with E-state index >= 15 is 0 Å². The van der Waals surface area contributed by atoms with E-state index in [4.69, 9.17) is 4.99 Å². The summed E-state index contributed by atoms with van der Waals surface area (Å²) >= 11 is 1.85. The molecule has 2 N–H and O–H groups in total. The van der Waals surface area contributed by atoms with E-state index in [1.807, 2.05) is 11.3 Å². The van der Waals surface area contributed by atoms with Crippen molar-refractivity contribution in [1.29, 1.82) is 0 Å². The van der Waals surface area contributed by atoms with Gasteiger partial charge in [0.1, 0.15) is 18.2 Å². The van der Waals surface area contributed by atoms with Gasteiger partial charge >= 0.3 is 0 Å². The largest absolute Gasteiger partial charge is 0.350 e. The zero-order chi connectivity index (χ0) is 41.0. The highest BCUT2D eigenvalue weighted by atomic mass is 32.1. The Balaban J connectivity index is 1.04. The van der Waals surface area contributed by atoms with Crippen molar-refractivity contribution in [1.82, 2.24) is 15.2 Å². The zero-order valence-electron chi connectivity index (χ0n) is 33.7. The molecule has 1 aliphatic rings. The monoisotopic (exact) mass is 812 g/mol. The van der Waals surface area contributed by atoms with Crippen molar-refractivity contribution in [2.45, 2.75) is 12.3 Å². The third-order valence-corrected chi connectivity index (χ3v) is 13.4. The van der Waals surface area contributed by atoms with E-state index in [9.17, 15) is 0 Å². The Labute approximate surface area is 364 Å². The molecule has 3 heterocycles. The molecule has 1 aliphatic heterocycles. The number of aromatic nitrogens is 1. The van der Waals surface area contributed by atoms with E-state index in [1.165, 1.54) is 75.4 Å². The number of hydrogen-bond donors (Lipinski definition) is 2. The molecule has 62 heavy (non-hydrogen) atoms. The maximum absolute atomic E-state index is 5.45. The molecule has 0 radical (unpaired) electrons. The van der Waals surface area contributed by atoms with Crippen molar-refractivity contribution in [3.05, 3.63) is 235 Å². The molecule has 0 saturated carbocycles. The zero-order valence-corrected chi connectivity index (χ0v) is 34.6. The molecule has 9 aromatic carbocycles. The summed E-state index contributed by atoms with van der Waals surface area (Å²) in [5.74, 6) is 0.866. The Morgan fingerprint density at radius 1 is 0.419 bits per heavy atom. The molecule has 0 bridgehead atoms. The van der Waals surface area contributed by atoms with Gasteiger partial charge in [0.15, 0.2) is 0 Å². The molecular formula is C57H40N4S. The minimum absolute atomic E-state index is 0.148. The highest BCUT2D eigenvalue weighted by Gasteiger charge is 2.27. The average Bonchev–Trinajstić information content (AvgIpc) is 3.90. The van der Waals surface area contributed by atoms with Crippen molar-refractivity contribution in [2.24, 2.45) is 4.99 Å². The maximum atomic E-state index is 5.45. The second kappa shape index (κ2) is 15.2. The lowest BCUT2D eigenvalue weighted by Crippen LogP contribution is -2.44. The van der Waals surface area contributed by atoms with Crippen molar-refractivity contribution < 1.29 is 0 Å². The molecule has 2 atom stereocenters. The number of amidine groups is 1. The first-order valence-electron chi connectivity index (χ1n) is 21.2. The van der Waals surface area contributed by atoms with Crippen LogP contribution in [0.1, 0.15) is 29.0 Å². The smallest absolute Gasteiger partial charge is 0.131 e. The number of thiophene rings is 1. The maximum Gasteiger partial charge on any atom is 0.131 e. The predicted octanol–water partition coefficient (Wildman–Crippen LogP) is 14.5. The standard InChI is InChI=1S/C57H40N4S/c1-5-15-37(16-6-1)39-25-27-41(28-26-39)56-58-55(40-19-9-3-10-20-40)59-57(60-56)44-34-48(54-47-23-13-14-24-52(47)62-53(54)36-44)43-30-32-50-49(33-43)46-31-29-42(38-17-7-2-8-18-38)35-51(46)61(50)45-21-11-4-12-22-45/h1-36,55-56,58H,(H,59,60). The molecule has 0 aliphatic carbocycles. The normalized spacial score (nSPS) is 15.3. The molecule has 5 heteroatoms. The van der Waals surface area contributed by atoms with Crippen LogP contribution in [0.15, 0.2) is 223 Å². The van der Waals surface area contributed by atoms with Crippen LogP contribution >= 0.6 is 11.3 Å². The Morgan fingerprint density at radius 3 is 1.81 bits per heavy atom. The lowest BCUT2D eigenvalue weighted by molar-refractivity contribution is 0.409. The summed E-state index contributed by atoms with van der Waals surface area (Å²) in [6.45, 7) is 0. The fourth-order valence-corrected chi connectivity index (χ4v) is 10.4. The van der Waals surface area contributed by atoms with E-state index in [2.05, 4.69) is 234 Å².